The Balaban J connectivity index is 1.48. The number of H-pyrrole nitrogens is 1. The number of rotatable bonds is 2. The van der Waals surface area contributed by atoms with Crippen LogP contribution in [0.2, 0.25) is 0 Å². The van der Waals surface area contributed by atoms with E-state index >= 15 is 0 Å². The van der Waals surface area contributed by atoms with Crippen LogP contribution in [-0.4, -0.2) is 28.9 Å². The molecule has 0 fully saturated rings. The maximum Gasteiger partial charge on any atom is 0.264 e. The van der Waals surface area contributed by atoms with E-state index in [4.69, 9.17) is 0 Å². The van der Waals surface area contributed by atoms with Crippen molar-refractivity contribution in [2.45, 2.75) is 13.3 Å². The van der Waals surface area contributed by atoms with Crippen molar-refractivity contribution in [3.63, 3.8) is 0 Å². The summed E-state index contributed by atoms with van der Waals surface area (Å²) < 4.78 is 0.883. The highest BCUT2D eigenvalue weighted by Gasteiger charge is 2.22. The summed E-state index contributed by atoms with van der Waals surface area (Å²) in [4.78, 5) is 31.0. The van der Waals surface area contributed by atoms with Crippen molar-refractivity contribution in [1.29, 1.82) is 0 Å². The number of hydrogen-bond acceptors (Lipinski definition) is 3. The van der Waals surface area contributed by atoms with Gasteiger partial charge in [0.1, 0.15) is 0 Å². The zero-order valence-electron chi connectivity index (χ0n) is 16.1. The number of benzene rings is 2. The first-order chi connectivity index (χ1) is 14.1. The van der Waals surface area contributed by atoms with Gasteiger partial charge in [0.05, 0.1) is 10.3 Å². The fraction of sp³-hybridized carbons (Fsp3) is 0.167. The summed E-state index contributed by atoms with van der Waals surface area (Å²) >= 11 is 1.42. The van der Waals surface area contributed by atoms with Gasteiger partial charge in [-0.3, -0.25) is 9.59 Å². The van der Waals surface area contributed by atoms with Crippen molar-refractivity contribution in [2.24, 2.45) is 0 Å². The van der Waals surface area contributed by atoms with Gasteiger partial charge in [0, 0.05) is 28.7 Å². The predicted octanol–water partition coefficient (Wildman–Crippen LogP) is 4.98. The van der Waals surface area contributed by atoms with Gasteiger partial charge in [0.15, 0.2) is 0 Å². The van der Waals surface area contributed by atoms with Crippen LogP contribution >= 0.6 is 11.3 Å². The van der Waals surface area contributed by atoms with Gasteiger partial charge in [-0.25, -0.2) is 0 Å². The maximum absolute atomic E-state index is 13.1. The van der Waals surface area contributed by atoms with Gasteiger partial charge < -0.3 is 9.88 Å². The van der Waals surface area contributed by atoms with Crippen LogP contribution in [0.1, 0.15) is 27.2 Å². The highest BCUT2D eigenvalue weighted by molar-refractivity contribution is 7.21. The smallest absolute Gasteiger partial charge is 0.264 e. The first kappa shape index (κ1) is 17.9. The Bertz CT molecular complexity index is 1330. The summed E-state index contributed by atoms with van der Waals surface area (Å²) in [5, 5.41) is 1.59. The topological polar surface area (TPSA) is 53.2 Å². The van der Waals surface area contributed by atoms with Crippen LogP contribution in [0.5, 0.6) is 0 Å². The molecule has 0 saturated heterocycles. The minimum atomic E-state index is -0.142. The minimum absolute atomic E-state index is 0.00485. The molecule has 4 nitrogen and oxygen atoms in total. The Kier molecular flexibility index (Phi) is 4.32. The molecule has 144 valence electrons. The molecule has 1 aliphatic rings. The molecule has 5 rings (SSSR count). The number of thiophene rings is 1. The van der Waals surface area contributed by atoms with E-state index in [1.165, 1.54) is 22.5 Å². The van der Waals surface area contributed by atoms with Crippen LogP contribution in [0.25, 0.3) is 26.6 Å². The van der Waals surface area contributed by atoms with Crippen molar-refractivity contribution in [3.05, 3.63) is 87.0 Å². The number of fused-ring (bicyclic) bond motifs is 3. The summed E-state index contributed by atoms with van der Waals surface area (Å²) in [6, 6.07) is 18.0. The Morgan fingerprint density at radius 2 is 1.90 bits per heavy atom. The van der Waals surface area contributed by atoms with E-state index < -0.39 is 0 Å². The Hall–Kier alpha value is -3.18. The standard InChI is InChI=1S/C24H20N2O2S/c1-15-7-8-20-18(13-15)22-19(23(27)25-20)14-21(29-22)24(28)26-11-9-17(10-12-26)16-5-3-2-4-6-16/h2-9,13-14H,10-12H2,1H3,(H,25,27). The number of hydrogen-bond donors (Lipinski definition) is 1. The molecule has 2 aromatic carbocycles. The van der Waals surface area contributed by atoms with Gasteiger partial charge in [0.2, 0.25) is 0 Å². The second-order valence-electron chi connectivity index (χ2n) is 7.45. The summed E-state index contributed by atoms with van der Waals surface area (Å²) in [6.07, 6.45) is 2.97. The van der Waals surface area contributed by atoms with Crippen LogP contribution in [0.15, 0.2) is 65.5 Å². The van der Waals surface area contributed by atoms with Crippen molar-refractivity contribution in [1.82, 2.24) is 9.88 Å². The van der Waals surface area contributed by atoms with E-state index in [9.17, 15) is 9.59 Å². The third-order valence-electron chi connectivity index (χ3n) is 5.50. The molecular weight excluding hydrogens is 380 g/mol. The average molecular weight is 401 g/mol. The third-order valence-corrected chi connectivity index (χ3v) is 6.65. The van der Waals surface area contributed by atoms with Gasteiger partial charge >= 0.3 is 0 Å². The molecule has 3 heterocycles. The predicted molar refractivity (Wildman–Crippen MR) is 120 cm³/mol. The van der Waals surface area contributed by atoms with Crippen molar-refractivity contribution >= 4 is 43.8 Å². The molecule has 0 spiro atoms. The summed E-state index contributed by atoms with van der Waals surface area (Å²) in [6.45, 7) is 3.30. The lowest BCUT2D eigenvalue weighted by Crippen LogP contribution is -2.34. The van der Waals surface area contributed by atoms with E-state index in [-0.39, 0.29) is 11.5 Å². The number of amides is 1. The number of carbonyl (C=O) groups excluding carboxylic acids is 1. The second-order valence-corrected chi connectivity index (χ2v) is 8.51. The average Bonchev–Trinajstić information content (AvgIpc) is 3.21. The maximum atomic E-state index is 13.1. The highest BCUT2D eigenvalue weighted by Crippen LogP contribution is 2.31. The third kappa shape index (κ3) is 3.17. The number of aromatic nitrogens is 1. The largest absolute Gasteiger partial charge is 0.334 e. The van der Waals surface area contributed by atoms with Crippen LogP contribution in [0, 0.1) is 6.92 Å². The molecule has 29 heavy (non-hydrogen) atoms. The first-order valence-corrected chi connectivity index (χ1v) is 10.5. The van der Waals surface area contributed by atoms with E-state index in [1.807, 2.05) is 42.2 Å². The van der Waals surface area contributed by atoms with Gasteiger partial charge in [-0.05, 0) is 42.7 Å². The lowest BCUT2D eigenvalue weighted by molar-refractivity contribution is 0.0778. The second kappa shape index (κ2) is 7.01. The van der Waals surface area contributed by atoms with Crippen molar-refractivity contribution in [3.8, 4) is 0 Å². The van der Waals surface area contributed by atoms with Crippen LogP contribution in [-0.2, 0) is 0 Å². The van der Waals surface area contributed by atoms with Crippen LogP contribution in [0.4, 0.5) is 0 Å². The normalized spacial score (nSPS) is 14.4. The molecule has 5 heteroatoms. The Morgan fingerprint density at radius 3 is 2.66 bits per heavy atom. The lowest BCUT2D eigenvalue weighted by atomic mass is 9.99. The molecular formula is C24H20N2O2S. The molecule has 1 N–H and O–H groups in total. The molecule has 2 aromatic heterocycles. The van der Waals surface area contributed by atoms with Gasteiger partial charge in [-0.2, -0.15) is 0 Å². The van der Waals surface area contributed by atoms with E-state index in [2.05, 4.69) is 29.3 Å². The monoisotopic (exact) mass is 400 g/mol. The minimum Gasteiger partial charge on any atom is -0.334 e. The number of pyridine rings is 1. The molecule has 4 aromatic rings. The molecule has 0 saturated carbocycles. The van der Waals surface area contributed by atoms with E-state index in [0.29, 0.717) is 23.4 Å². The zero-order valence-corrected chi connectivity index (χ0v) is 16.9. The lowest BCUT2D eigenvalue weighted by Gasteiger charge is -2.26. The van der Waals surface area contributed by atoms with Gasteiger partial charge in [-0.1, -0.05) is 48.0 Å². The van der Waals surface area contributed by atoms with Crippen molar-refractivity contribution in [2.75, 3.05) is 13.1 Å². The highest BCUT2D eigenvalue weighted by atomic mass is 32.1. The Labute approximate surface area is 172 Å². The van der Waals surface area contributed by atoms with E-state index in [1.54, 1.807) is 6.07 Å². The molecule has 1 amide bonds. The first-order valence-electron chi connectivity index (χ1n) is 9.70. The summed E-state index contributed by atoms with van der Waals surface area (Å²) in [7, 11) is 0. The van der Waals surface area contributed by atoms with Gasteiger partial charge in [-0.15, -0.1) is 11.3 Å². The van der Waals surface area contributed by atoms with E-state index in [0.717, 1.165) is 27.6 Å². The van der Waals surface area contributed by atoms with Crippen LogP contribution < -0.4 is 5.56 Å². The summed E-state index contributed by atoms with van der Waals surface area (Å²) in [5.74, 6) is -0.00485. The van der Waals surface area contributed by atoms with Crippen LogP contribution in [0.3, 0.4) is 0 Å². The molecule has 1 aliphatic heterocycles. The molecule has 0 atom stereocenters. The number of nitrogens with zero attached hydrogens (tertiary/aromatic N) is 1. The molecule has 0 unspecified atom stereocenters. The Morgan fingerprint density at radius 1 is 1.07 bits per heavy atom. The molecule has 0 aliphatic carbocycles. The number of nitrogens with one attached hydrogen (secondary N) is 1. The van der Waals surface area contributed by atoms with Gasteiger partial charge in [0.25, 0.3) is 11.5 Å². The fourth-order valence-electron chi connectivity index (χ4n) is 3.93. The number of aromatic amines is 1. The molecule has 0 radical (unpaired) electrons. The SMILES string of the molecule is Cc1ccc2[nH]c(=O)c3cc(C(=O)N4CC=C(c5ccccc5)CC4)sc3c2c1. The quantitative estimate of drug-likeness (QED) is 0.516. The summed E-state index contributed by atoms with van der Waals surface area (Å²) in [5.41, 5.74) is 4.29. The number of carbonyl (C=O) groups is 1. The molecule has 0 bridgehead atoms. The number of aryl methyl sites for hydroxylation is 1. The zero-order chi connectivity index (χ0) is 20.0. The van der Waals surface area contributed by atoms with Crippen molar-refractivity contribution < 1.29 is 4.79 Å². The fourth-order valence-corrected chi connectivity index (χ4v) is 5.09.